The van der Waals surface area contributed by atoms with Gasteiger partial charge in [-0.3, -0.25) is 0 Å². The topological polar surface area (TPSA) is 33.3 Å². The van der Waals surface area contributed by atoms with Crippen molar-refractivity contribution in [2.45, 2.75) is 19.8 Å². The van der Waals surface area contributed by atoms with Crippen molar-refractivity contribution < 1.29 is 4.74 Å². The summed E-state index contributed by atoms with van der Waals surface area (Å²) in [6.45, 7) is 2.91. The molecule has 0 aliphatic heterocycles. The summed E-state index contributed by atoms with van der Waals surface area (Å²) in [6.07, 6.45) is 2.01. The largest absolute Gasteiger partial charge is 0.497 e. The number of aryl methyl sites for hydroxylation is 2. The molecule has 0 aliphatic rings. The fourth-order valence-corrected chi connectivity index (χ4v) is 2.35. The van der Waals surface area contributed by atoms with Gasteiger partial charge in [-0.05, 0) is 61.8 Å². The minimum Gasteiger partial charge on any atom is -0.497 e. The fourth-order valence-electron chi connectivity index (χ4n) is 2.13. The van der Waals surface area contributed by atoms with Crippen molar-refractivity contribution in [3.8, 4) is 5.75 Å². The van der Waals surface area contributed by atoms with Crippen LogP contribution < -0.4 is 15.4 Å². The van der Waals surface area contributed by atoms with Crippen LogP contribution in [0.5, 0.6) is 5.75 Å². The number of thiocarbonyl (C=S) groups is 1. The van der Waals surface area contributed by atoms with E-state index in [9.17, 15) is 0 Å². The van der Waals surface area contributed by atoms with E-state index in [1.165, 1.54) is 11.1 Å². The molecule has 0 fully saturated rings. The van der Waals surface area contributed by atoms with Crippen LogP contribution in [0.25, 0.3) is 0 Å². The summed E-state index contributed by atoms with van der Waals surface area (Å²) in [6, 6.07) is 16.3. The second-order valence-electron chi connectivity index (χ2n) is 5.20. The Morgan fingerprint density at radius 2 is 1.91 bits per heavy atom. The summed E-state index contributed by atoms with van der Waals surface area (Å²) < 4.78 is 5.23. The molecule has 2 rings (SSSR count). The first-order valence-electron chi connectivity index (χ1n) is 7.42. The van der Waals surface area contributed by atoms with E-state index in [1.54, 1.807) is 7.11 Å². The van der Waals surface area contributed by atoms with Gasteiger partial charge >= 0.3 is 0 Å². The zero-order valence-corrected chi connectivity index (χ0v) is 13.9. The van der Waals surface area contributed by atoms with E-state index in [2.05, 4.69) is 41.8 Å². The van der Waals surface area contributed by atoms with Crippen LogP contribution in [0.1, 0.15) is 17.5 Å². The lowest BCUT2D eigenvalue weighted by molar-refractivity contribution is 0.414. The maximum absolute atomic E-state index is 5.30. The minimum atomic E-state index is 0.662. The van der Waals surface area contributed by atoms with Crippen molar-refractivity contribution in [3.05, 3.63) is 59.7 Å². The van der Waals surface area contributed by atoms with E-state index in [0.717, 1.165) is 30.8 Å². The van der Waals surface area contributed by atoms with Crippen LogP contribution in [0.4, 0.5) is 5.69 Å². The number of benzene rings is 2. The van der Waals surface area contributed by atoms with E-state index < -0.39 is 0 Å². The zero-order valence-electron chi connectivity index (χ0n) is 13.1. The molecule has 0 atom stereocenters. The van der Waals surface area contributed by atoms with Gasteiger partial charge in [0.2, 0.25) is 0 Å². The van der Waals surface area contributed by atoms with E-state index in [4.69, 9.17) is 17.0 Å². The number of ether oxygens (including phenoxy) is 1. The molecule has 0 aliphatic carbocycles. The van der Waals surface area contributed by atoms with Gasteiger partial charge in [-0.15, -0.1) is 0 Å². The van der Waals surface area contributed by atoms with Crippen LogP contribution in [0.3, 0.4) is 0 Å². The lowest BCUT2D eigenvalue weighted by Crippen LogP contribution is -2.29. The number of hydrogen-bond acceptors (Lipinski definition) is 2. The van der Waals surface area contributed by atoms with Crippen LogP contribution >= 0.6 is 12.2 Å². The highest BCUT2D eigenvalue weighted by Gasteiger charge is 1.99. The Hall–Kier alpha value is -2.07. The van der Waals surface area contributed by atoms with Gasteiger partial charge in [0.1, 0.15) is 5.75 Å². The van der Waals surface area contributed by atoms with Gasteiger partial charge in [0, 0.05) is 12.2 Å². The molecule has 4 heteroatoms. The maximum Gasteiger partial charge on any atom is 0.170 e. The molecule has 2 aromatic rings. The molecular formula is C18H22N2OS. The van der Waals surface area contributed by atoms with Crippen LogP contribution in [0, 0.1) is 6.92 Å². The smallest absolute Gasteiger partial charge is 0.170 e. The van der Waals surface area contributed by atoms with Gasteiger partial charge in [0.15, 0.2) is 5.11 Å². The molecule has 0 spiro atoms. The molecule has 116 valence electrons. The van der Waals surface area contributed by atoms with Crippen LogP contribution in [0.15, 0.2) is 48.5 Å². The molecule has 2 N–H and O–H groups in total. The first-order chi connectivity index (χ1) is 10.7. The van der Waals surface area contributed by atoms with Crippen LogP contribution in [-0.4, -0.2) is 18.8 Å². The van der Waals surface area contributed by atoms with Gasteiger partial charge in [0.05, 0.1) is 7.11 Å². The molecule has 2 aromatic carbocycles. The Morgan fingerprint density at radius 1 is 1.14 bits per heavy atom. The molecule has 0 saturated heterocycles. The molecule has 0 heterocycles. The number of hydrogen-bond donors (Lipinski definition) is 2. The molecule has 0 bridgehead atoms. The molecule has 0 saturated carbocycles. The SMILES string of the molecule is COc1cccc(CCCNC(=S)Nc2ccc(C)cc2)c1. The minimum absolute atomic E-state index is 0.662. The Kier molecular flexibility index (Phi) is 6.22. The van der Waals surface area contributed by atoms with Gasteiger partial charge in [0.25, 0.3) is 0 Å². The van der Waals surface area contributed by atoms with E-state index in [0.29, 0.717) is 5.11 Å². The number of nitrogens with one attached hydrogen (secondary N) is 2. The third-order valence-corrected chi connectivity index (χ3v) is 3.62. The van der Waals surface area contributed by atoms with E-state index in [1.807, 2.05) is 24.3 Å². The molecule has 3 nitrogen and oxygen atoms in total. The third-order valence-electron chi connectivity index (χ3n) is 3.37. The first-order valence-corrected chi connectivity index (χ1v) is 7.82. The van der Waals surface area contributed by atoms with Crippen molar-refractivity contribution >= 4 is 23.0 Å². The summed E-state index contributed by atoms with van der Waals surface area (Å²) in [5.41, 5.74) is 3.53. The molecule has 22 heavy (non-hydrogen) atoms. The van der Waals surface area contributed by atoms with Crippen molar-refractivity contribution in [2.24, 2.45) is 0 Å². The van der Waals surface area contributed by atoms with Gasteiger partial charge < -0.3 is 15.4 Å². The monoisotopic (exact) mass is 314 g/mol. The Bertz CT molecular complexity index is 611. The average molecular weight is 314 g/mol. The van der Waals surface area contributed by atoms with E-state index in [-0.39, 0.29) is 0 Å². The van der Waals surface area contributed by atoms with Gasteiger partial charge in [-0.1, -0.05) is 29.8 Å². The van der Waals surface area contributed by atoms with Gasteiger partial charge in [-0.25, -0.2) is 0 Å². The Balaban J connectivity index is 1.69. The van der Waals surface area contributed by atoms with Gasteiger partial charge in [-0.2, -0.15) is 0 Å². The van der Waals surface area contributed by atoms with Crippen molar-refractivity contribution in [2.75, 3.05) is 19.0 Å². The van der Waals surface area contributed by atoms with E-state index >= 15 is 0 Å². The summed E-state index contributed by atoms with van der Waals surface area (Å²) in [4.78, 5) is 0. The summed E-state index contributed by atoms with van der Waals surface area (Å²) in [5.74, 6) is 0.905. The molecular weight excluding hydrogens is 292 g/mol. The van der Waals surface area contributed by atoms with Crippen LogP contribution in [0.2, 0.25) is 0 Å². The summed E-state index contributed by atoms with van der Waals surface area (Å²) in [5, 5.41) is 7.08. The molecule has 0 amide bonds. The quantitative estimate of drug-likeness (QED) is 0.625. The van der Waals surface area contributed by atoms with Crippen LogP contribution in [-0.2, 0) is 6.42 Å². The average Bonchev–Trinajstić information content (AvgIpc) is 2.54. The molecule has 0 aromatic heterocycles. The standard InChI is InChI=1S/C18H22N2OS/c1-14-8-10-16(11-9-14)20-18(22)19-12-4-6-15-5-3-7-17(13-15)21-2/h3,5,7-11,13H,4,6,12H2,1-2H3,(H2,19,20,22). The van der Waals surface area contributed by atoms with Crippen molar-refractivity contribution in [3.63, 3.8) is 0 Å². The number of anilines is 1. The summed E-state index contributed by atoms with van der Waals surface area (Å²) in [7, 11) is 1.69. The predicted octanol–water partition coefficient (Wildman–Crippen LogP) is 3.92. The third kappa shape index (κ3) is 5.37. The maximum atomic E-state index is 5.30. The second-order valence-corrected chi connectivity index (χ2v) is 5.61. The Morgan fingerprint density at radius 3 is 2.64 bits per heavy atom. The van der Waals surface area contributed by atoms with Crippen molar-refractivity contribution in [1.82, 2.24) is 5.32 Å². The normalized spacial score (nSPS) is 10.1. The second kappa shape index (κ2) is 8.39. The Labute approximate surface area is 137 Å². The lowest BCUT2D eigenvalue weighted by atomic mass is 10.1. The highest BCUT2D eigenvalue weighted by Crippen LogP contribution is 2.13. The zero-order chi connectivity index (χ0) is 15.8. The summed E-state index contributed by atoms with van der Waals surface area (Å²) >= 11 is 5.30. The highest BCUT2D eigenvalue weighted by atomic mass is 32.1. The highest BCUT2D eigenvalue weighted by molar-refractivity contribution is 7.80. The lowest BCUT2D eigenvalue weighted by Gasteiger charge is -2.11. The number of rotatable bonds is 6. The number of methoxy groups -OCH3 is 1. The molecule has 0 radical (unpaired) electrons. The first kappa shape index (κ1) is 16.3. The molecule has 0 unspecified atom stereocenters. The van der Waals surface area contributed by atoms with Crippen molar-refractivity contribution in [1.29, 1.82) is 0 Å². The fraction of sp³-hybridized carbons (Fsp3) is 0.278. The predicted molar refractivity (Wildman–Crippen MR) is 96.7 cm³/mol.